The molecule has 0 spiro atoms. The van der Waals surface area contributed by atoms with Crippen molar-refractivity contribution in [2.45, 2.75) is 46.5 Å². The van der Waals surface area contributed by atoms with E-state index in [9.17, 15) is 19.8 Å². The molecule has 0 aliphatic carbocycles. The van der Waals surface area contributed by atoms with E-state index < -0.39 is 5.97 Å². The van der Waals surface area contributed by atoms with Crippen molar-refractivity contribution >= 4 is 11.8 Å². The molecule has 37 heavy (non-hydrogen) atoms. The Bertz CT molecular complexity index is 1220. The molecule has 0 aliphatic heterocycles. The van der Waals surface area contributed by atoms with Crippen molar-refractivity contribution in [1.82, 2.24) is 0 Å². The molecule has 0 aromatic heterocycles. The second kappa shape index (κ2) is 14.7. The predicted octanol–water partition coefficient (Wildman–Crippen LogP) is 2.12. The summed E-state index contributed by atoms with van der Waals surface area (Å²) in [4.78, 5) is 23.1. The van der Waals surface area contributed by atoms with Crippen LogP contribution in [0.5, 0.6) is 28.7 Å². The number of carbonyl (C=O) groups excluding carboxylic acids is 2. The summed E-state index contributed by atoms with van der Waals surface area (Å²) in [6, 6.07) is 15.0. The Hall–Kier alpha value is -3.00. The minimum absolute atomic E-state index is 0. The molecule has 0 aliphatic rings. The predicted molar refractivity (Wildman–Crippen MR) is 134 cm³/mol. The standard InChI is InChI=1S/C29H32O7.Na/c1-4-10-21-25(13-8-14-26(21)36-27-12-7-6-11-22(27)29(32)33)34-15-9-16-35-28-18-24(31)23(19(3)30)17-20(28)5-2;/h6-8,11-14,17-18,31H,4-5,9-10,15-16H2,1-3H3,(H,32,33);/q;+1/p-1. The largest absolute Gasteiger partial charge is 1.00 e. The van der Waals surface area contributed by atoms with Crippen LogP contribution in [0.1, 0.15) is 65.5 Å². The van der Waals surface area contributed by atoms with Gasteiger partial charge in [-0.25, -0.2) is 0 Å². The third-order valence-corrected chi connectivity index (χ3v) is 5.66. The van der Waals surface area contributed by atoms with Crippen molar-refractivity contribution in [3.05, 3.63) is 76.9 Å². The van der Waals surface area contributed by atoms with Gasteiger partial charge in [0, 0.05) is 23.6 Å². The zero-order valence-electron chi connectivity index (χ0n) is 21.8. The van der Waals surface area contributed by atoms with E-state index in [1.807, 2.05) is 19.9 Å². The fraction of sp³-hybridized carbons (Fsp3) is 0.310. The number of hydrogen-bond donors (Lipinski definition) is 1. The van der Waals surface area contributed by atoms with Gasteiger partial charge in [-0.05, 0) is 55.7 Å². The molecule has 0 amide bonds. The fourth-order valence-electron chi connectivity index (χ4n) is 3.85. The van der Waals surface area contributed by atoms with Gasteiger partial charge in [0.2, 0.25) is 0 Å². The van der Waals surface area contributed by atoms with Crippen LogP contribution >= 0.6 is 0 Å². The van der Waals surface area contributed by atoms with E-state index in [4.69, 9.17) is 14.2 Å². The second-order valence-electron chi connectivity index (χ2n) is 8.31. The van der Waals surface area contributed by atoms with Gasteiger partial charge in [0.15, 0.2) is 5.78 Å². The first-order valence-corrected chi connectivity index (χ1v) is 12.1. The zero-order chi connectivity index (χ0) is 26.1. The first-order chi connectivity index (χ1) is 17.3. The monoisotopic (exact) mass is 514 g/mol. The van der Waals surface area contributed by atoms with E-state index in [0.717, 1.165) is 17.5 Å². The van der Waals surface area contributed by atoms with Gasteiger partial charge < -0.3 is 29.2 Å². The van der Waals surface area contributed by atoms with Gasteiger partial charge in [0.05, 0.1) is 24.7 Å². The van der Waals surface area contributed by atoms with Gasteiger partial charge in [-0.15, -0.1) is 0 Å². The number of aromatic hydroxyl groups is 1. The number of phenols is 1. The molecule has 0 saturated carbocycles. The minimum Gasteiger partial charge on any atom is -0.545 e. The summed E-state index contributed by atoms with van der Waals surface area (Å²) in [6.07, 6.45) is 2.79. The van der Waals surface area contributed by atoms with Gasteiger partial charge in [-0.3, -0.25) is 4.79 Å². The quantitative estimate of drug-likeness (QED) is 0.212. The number of para-hydroxylation sites is 1. The van der Waals surface area contributed by atoms with E-state index in [0.29, 0.717) is 49.7 Å². The molecule has 0 atom stereocenters. The van der Waals surface area contributed by atoms with Crippen LogP contribution in [0.3, 0.4) is 0 Å². The maximum absolute atomic E-state index is 11.7. The Labute approximate surface area is 239 Å². The maximum Gasteiger partial charge on any atom is 1.00 e. The molecule has 1 N–H and O–H groups in total. The van der Waals surface area contributed by atoms with Crippen LogP contribution in [-0.2, 0) is 12.8 Å². The van der Waals surface area contributed by atoms with E-state index in [-0.39, 0.29) is 58.0 Å². The number of carbonyl (C=O) groups is 2. The van der Waals surface area contributed by atoms with Crippen molar-refractivity contribution < 1.29 is 63.6 Å². The summed E-state index contributed by atoms with van der Waals surface area (Å²) in [6.45, 7) is 6.17. The first-order valence-electron chi connectivity index (χ1n) is 12.1. The number of Topliss-reactive ketones (excluding diaryl/α,β-unsaturated/α-hetero) is 1. The maximum atomic E-state index is 11.7. The average molecular weight is 515 g/mol. The third-order valence-electron chi connectivity index (χ3n) is 5.66. The van der Waals surface area contributed by atoms with Gasteiger partial charge >= 0.3 is 29.6 Å². The van der Waals surface area contributed by atoms with Crippen molar-refractivity contribution in [3.63, 3.8) is 0 Å². The van der Waals surface area contributed by atoms with Crippen LogP contribution in [0.15, 0.2) is 54.6 Å². The number of aromatic carboxylic acids is 1. The summed E-state index contributed by atoms with van der Waals surface area (Å²) in [5.74, 6) is 0.378. The van der Waals surface area contributed by atoms with E-state index in [1.54, 1.807) is 36.4 Å². The number of ketones is 1. The van der Waals surface area contributed by atoms with Crippen molar-refractivity contribution in [3.8, 4) is 28.7 Å². The molecule has 3 rings (SSSR count). The number of phenolic OH excluding ortho intramolecular Hbond substituents is 1. The number of rotatable bonds is 13. The van der Waals surface area contributed by atoms with Crippen LogP contribution in [0, 0.1) is 0 Å². The summed E-state index contributed by atoms with van der Waals surface area (Å²) in [5, 5.41) is 21.6. The Morgan fingerprint density at radius 2 is 1.51 bits per heavy atom. The van der Waals surface area contributed by atoms with Crippen LogP contribution < -0.4 is 48.9 Å². The molecule has 8 heteroatoms. The second-order valence-corrected chi connectivity index (χ2v) is 8.31. The number of benzene rings is 3. The van der Waals surface area contributed by atoms with Crippen molar-refractivity contribution in [2.24, 2.45) is 0 Å². The molecule has 190 valence electrons. The van der Waals surface area contributed by atoms with Crippen LogP contribution in [-0.4, -0.2) is 30.1 Å². The number of carboxylic acid groups (broad SMARTS) is 1. The molecule has 0 radical (unpaired) electrons. The molecule has 0 saturated heterocycles. The Kier molecular flexibility index (Phi) is 12.0. The third kappa shape index (κ3) is 7.99. The normalized spacial score (nSPS) is 10.4. The van der Waals surface area contributed by atoms with Gasteiger partial charge in [0.25, 0.3) is 0 Å². The van der Waals surface area contributed by atoms with E-state index in [1.165, 1.54) is 19.1 Å². The van der Waals surface area contributed by atoms with Gasteiger partial charge in [-0.1, -0.05) is 38.5 Å². The van der Waals surface area contributed by atoms with Crippen molar-refractivity contribution in [2.75, 3.05) is 13.2 Å². The smallest absolute Gasteiger partial charge is 0.545 e. The summed E-state index contributed by atoms with van der Waals surface area (Å²) in [5.41, 5.74) is 1.98. The fourth-order valence-corrected chi connectivity index (χ4v) is 3.85. The van der Waals surface area contributed by atoms with Gasteiger partial charge in [-0.2, -0.15) is 0 Å². The molecular formula is C29H31NaO7. The van der Waals surface area contributed by atoms with Crippen LogP contribution in [0.4, 0.5) is 0 Å². The Morgan fingerprint density at radius 1 is 0.865 bits per heavy atom. The van der Waals surface area contributed by atoms with Crippen LogP contribution in [0.25, 0.3) is 0 Å². The van der Waals surface area contributed by atoms with Crippen LogP contribution in [0.2, 0.25) is 0 Å². The number of hydrogen-bond acceptors (Lipinski definition) is 7. The number of carboxylic acids is 1. The zero-order valence-corrected chi connectivity index (χ0v) is 23.8. The number of ether oxygens (including phenoxy) is 3. The summed E-state index contributed by atoms with van der Waals surface area (Å²) >= 11 is 0. The van der Waals surface area contributed by atoms with Crippen molar-refractivity contribution in [1.29, 1.82) is 0 Å². The molecule has 3 aromatic carbocycles. The summed E-state index contributed by atoms with van der Waals surface area (Å²) in [7, 11) is 0. The SMILES string of the molecule is CCCc1c(OCCCOc2cc(O)c(C(C)=O)cc2CC)cccc1Oc1ccccc1C(=O)[O-].[Na+]. The van der Waals surface area contributed by atoms with E-state index in [2.05, 4.69) is 0 Å². The topological polar surface area (TPSA) is 105 Å². The molecule has 0 fully saturated rings. The average Bonchev–Trinajstić information content (AvgIpc) is 2.85. The molecule has 0 unspecified atom stereocenters. The summed E-state index contributed by atoms with van der Waals surface area (Å²) < 4.78 is 17.9. The Morgan fingerprint density at radius 3 is 2.16 bits per heavy atom. The molecule has 0 bridgehead atoms. The van der Waals surface area contributed by atoms with Gasteiger partial charge in [0.1, 0.15) is 28.7 Å². The molecular weight excluding hydrogens is 483 g/mol. The molecule has 7 nitrogen and oxygen atoms in total. The first kappa shape index (κ1) is 30.2. The number of aryl methyl sites for hydroxylation is 1. The van der Waals surface area contributed by atoms with E-state index >= 15 is 0 Å². The molecule has 3 aromatic rings. The Balaban J connectivity index is 0.00000481. The minimum atomic E-state index is -1.30. The molecule has 0 heterocycles.